The van der Waals surface area contributed by atoms with E-state index in [1.165, 1.54) is 50.1 Å². The van der Waals surface area contributed by atoms with E-state index < -0.39 is 0 Å². The molecule has 32 heavy (non-hydrogen) atoms. The molecule has 0 aromatic heterocycles. The van der Waals surface area contributed by atoms with Gasteiger partial charge in [0.25, 0.3) is 0 Å². The molecule has 0 heterocycles. The molecule has 5 rings (SSSR count). The summed E-state index contributed by atoms with van der Waals surface area (Å²) in [5.41, 5.74) is 12.0. The van der Waals surface area contributed by atoms with Crippen LogP contribution in [0.4, 0.5) is 0 Å². The van der Waals surface area contributed by atoms with Gasteiger partial charge in [-0.25, -0.2) is 0 Å². The summed E-state index contributed by atoms with van der Waals surface area (Å²) in [6.07, 6.45) is 5.72. The van der Waals surface area contributed by atoms with E-state index in [1.54, 1.807) is 0 Å². The summed E-state index contributed by atoms with van der Waals surface area (Å²) >= 11 is 0. The third-order valence-corrected chi connectivity index (χ3v) is 6.57. The van der Waals surface area contributed by atoms with Crippen molar-refractivity contribution in [3.63, 3.8) is 0 Å². The molecule has 1 unspecified atom stereocenters. The molecular formula is C32H28. The van der Waals surface area contributed by atoms with Crippen molar-refractivity contribution in [1.82, 2.24) is 0 Å². The largest absolute Gasteiger partial charge is 0.0764 e. The van der Waals surface area contributed by atoms with Gasteiger partial charge in [0.05, 0.1) is 0 Å². The third-order valence-electron chi connectivity index (χ3n) is 6.57. The third kappa shape index (κ3) is 4.09. The van der Waals surface area contributed by atoms with Gasteiger partial charge >= 0.3 is 0 Å². The highest BCUT2D eigenvalue weighted by molar-refractivity contribution is 5.76. The molecule has 1 aliphatic rings. The average molecular weight is 413 g/mol. The maximum Gasteiger partial charge on any atom is 0.00621 e. The van der Waals surface area contributed by atoms with Gasteiger partial charge in [-0.05, 0) is 76.4 Å². The van der Waals surface area contributed by atoms with Crippen molar-refractivity contribution in [3.8, 4) is 22.3 Å². The van der Waals surface area contributed by atoms with Crippen LogP contribution >= 0.6 is 0 Å². The van der Waals surface area contributed by atoms with Gasteiger partial charge in [-0.1, -0.05) is 109 Å². The summed E-state index contributed by atoms with van der Waals surface area (Å²) in [5.74, 6) is 0.394. The maximum atomic E-state index is 2.37. The molecule has 0 spiro atoms. The van der Waals surface area contributed by atoms with Crippen LogP contribution in [-0.2, 0) is 0 Å². The van der Waals surface area contributed by atoms with Crippen LogP contribution in [0.3, 0.4) is 0 Å². The van der Waals surface area contributed by atoms with Crippen molar-refractivity contribution in [1.29, 1.82) is 0 Å². The van der Waals surface area contributed by atoms with E-state index in [0.29, 0.717) is 5.92 Å². The van der Waals surface area contributed by atoms with Gasteiger partial charge in [0.1, 0.15) is 0 Å². The molecule has 0 N–H and O–H groups in total. The van der Waals surface area contributed by atoms with E-state index in [-0.39, 0.29) is 0 Å². The van der Waals surface area contributed by atoms with E-state index in [2.05, 4.69) is 129 Å². The lowest BCUT2D eigenvalue weighted by Gasteiger charge is -2.23. The van der Waals surface area contributed by atoms with Crippen molar-refractivity contribution in [2.45, 2.75) is 26.2 Å². The van der Waals surface area contributed by atoms with E-state index >= 15 is 0 Å². The Balaban J connectivity index is 1.46. The molecule has 0 saturated carbocycles. The Bertz CT molecular complexity index is 1300. The van der Waals surface area contributed by atoms with Crippen molar-refractivity contribution < 1.29 is 0 Å². The predicted molar refractivity (Wildman–Crippen MR) is 138 cm³/mol. The zero-order valence-corrected chi connectivity index (χ0v) is 18.8. The molecule has 1 atom stereocenters. The molecule has 0 aliphatic heterocycles. The van der Waals surface area contributed by atoms with Crippen LogP contribution in [0.2, 0.25) is 0 Å². The molecule has 0 nitrogen and oxygen atoms in total. The second-order valence-electron chi connectivity index (χ2n) is 8.72. The summed E-state index contributed by atoms with van der Waals surface area (Å²) in [6, 6.07) is 37.3. The van der Waals surface area contributed by atoms with Crippen LogP contribution in [0.5, 0.6) is 0 Å². The first-order valence-electron chi connectivity index (χ1n) is 11.4. The minimum atomic E-state index is 0.394. The fourth-order valence-corrected chi connectivity index (χ4v) is 4.73. The minimum absolute atomic E-state index is 0.394. The molecule has 4 aromatic carbocycles. The summed E-state index contributed by atoms with van der Waals surface area (Å²) in [4.78, 5) is 0. The number of rotatable bonds is 4. The first-order chi connectivity index (χ1) is 15.7. The van der Waals surface area contributed by atoms with Gasteiger partial charge in [0.15, 0.2) is 0 Å². The van der Waals surface area contributed by atoms with Gasteiger partial charge in [-0.15, -0.1) is 0 Å². The van der Waals surface area contributed by atoms with Crippen LogP contribution in [0.25, 0.3) is 27.8 Å². The molecule has 0 heteroatoms. The minimum Gasteiger partial charge on any atom is -0.0764 e. The Kier molecular flexibility index (Phi) is 5.60. The summed E-state index contributed by atoms with van der Waals surface area (Å²) < 4.78 is 0. The number of benzene rings is 4. The molecule has 0 saturated heterocycles. The monoisotopic (exact) mass is 412 g/mol. The molecule has 0 fully saturated rings. The normalized spacial score (nSPS) is 15.8. The van der Waals surface area contributed by atoms with Crippen LogP contribution in [-0.4, -0.2) is 0 Å². The second kappa shape index (κ2) is 8.85. The smallest absolute Gasteiger partial charge is 0.00621 e. The van der Waals surface area contributed by atoms with Crippen LogP contribution in [0.1, 0.15) is 36.0 Å². The van der Waals surface area contributed by atoms with Gasteiger partial charge in [0, 0.05) is 5.92 Å². The molecule has 0 bridgehead atoms. The first-order valence-corrected chi connectivity index (χ1v) is 11.4. The molecular weight excluding hydrogens is 384 g/mol. The Morgan fingerprint density at radius 2 is 1.22 bits per heavy atom. The SMILES string of the molecule is CC1=C(c2ccccc2C)CC(c2cccc(-c3cccc(-c4ccccc4)c3)c2)C=C1. The van der Waals surface area contributed by atoms with Crippen molar-refractivity contribution in [3.05, 3.63) is 138 Å². The van der Waals surface area contributed by atoms with Crippen molar-refractivity contribution >= 4 is 5.57 Å². The van der Waals surface area contributed by atoms with Crippen LogP contribution < -0.4 is 0 Å². The van der Waals surface area contributed by atoms with E-state index in [4.69, 9.17) is 0 Å². The zero-order chi connectivity index (χ0) is 21.9. The highest BCUT2D eigenvalue weighted by Crippen LogP contribution is 2.38. The van der Waals surface area contributed by atoms with E-state index in [1.807, 2.05) is 0 Å². The van der Waals surface area contributed by atoms with E-state index in [9.17, 15) is 0 Å². The molecule has 156 valence electrons. The lowest BCUT2D eigenvalue weighted by Crippen LogP contribution is -2.04. The summed E-state index contributed by atoms with van der Waals surface area (Å²) in [7, 11) is 0. The lowest BCUT2D eigenvalue weighted by atomic mass is 9.81. The van der Waals surface area contributed by atoms with Gasteiger partial charge in [-0.2, -0.15) is 0 Å². The van der Waals surface area contributed by atoms with Crippen LogP contribution in [0, 0.1) is 6.92 Å². The number of hydrogen-bond acceptors (Lipinski definition) is 0. The Morgan fingerprint density at radius 1 is 0.594 bits per heavy atom. The lowest BCUT2D eigenvalue weighted by molar-refractivity contribution is 0.859. The highest BCUT2D eigenvalue weighted by Gasteiger charge is 2.19. The Morgan fingerprint density at radius 3 is 2.00 bits per heavy atom. The second-order valence-corrected chi connectivity index (χ2v) is 8.72. The molecule has 1 aliphatic carbocycles. The number of allylic oxidation sites excluding steroid dienone is 4. The topological polar surface area (TPSA) is 0 Å². The first kappa shape index (κ1) is 20.3. The quantitative estimate of drug-likeness (QED) is 0.314. The number of aryl methyl sites for hydroxylation is 1. The standard InChI is InChI=1S/C32H28/c1-23-10-6-7-17-31(23)32-22-30(19-18-24(32)2)29-16-9-15-28(21-29)27-14-8-13-26(20-27)25-11-4-3-5-12-25/h3-21,30H,22H2,1-2H3. The number of hydrogen-bond donors (Lipinski definition) is 0. The van der Waals surface area contributed by atoms with Gasteiger partial charge in [0.2, 0.25) is 0 Å². The van der Waals surface area contributed by atoms with Crippen molar-refractivity contribution in [2.24, 2.45) is 0 Å². The summed E-state index contributed by atoms with van der Waals surface area (Å²) in [5, 5.41) is 0. The summed E-state index contributed by atoms with van der Waals surface area (Å²) in [6.45, 7) is 4.45. The maximum absolute atomic E-state index is 2.37. The van der Waals surface area contributed by atoms with Gasteiger partial charge in [-0.3, -0.25) is 0 Å². The molecule has 0 radical (unpaired) electrons. The predicted octanol–water partition coefficient (Wildman–Crippen LogP) is 8.85. The Labute approximate surface area is 191 Å². The fraction of sp³-hybridized carbons (Fsp3) is 0.125. The zero-order valence-electron chi connectivity index (χ0n) is 18.8. The molecule has 0 amide bonds. The Hall–Kier alpha value is -3.64. The van der Waals surface area contributed by atoms with Crippen LogP contribution in [0.15, 0.2) is 121 Å². The van der Waals surface area contributed by atoms with Gasteiger partial charge < -0.3 is 0 Å². The van der Waals surface area contributed by atoms with E-state index in [0.717, 1.165) is 6.42 Å². The molecule has 4 aromatic rings. The fourth-order valence-electron chi connectivity index (χ4n) is 4.73. The van der Waals surface area contributed by atoms with Crippen molar-refractivity contribution in [2.75, 3.05) is 0 Å². The average Bonchev–Trinajstić information content (AvgIpc) is 2.86. The highest BCUT2D eigenvalue weighted by atomic mass is 14.2.